The zero-order chi connectivity index (χ0) is 16.0. The third-order valence-electron chi connectivity index (χ3n) is 4.48. The molecule has 2 saturated heterocycles. The van der Waals surface area contributed by atoms with Crippen LogP contribution in [0.25, 0.3) is 0 Å². The van der Waals surface area contributed by atoms with Crippen LogP contribution in [-0.4, -0.2) is 78.3 Å². The topological polar surface area (TPSA) is 96.1 Å². The Labute approximate surface area is 131 Å². The lowest BCUT2D eigenvalue weighted by Crippen LogP contribution is -2.48. The van der Waals surface area contributed by atoms with Gasteiger partial charge in [-0.1, -0.05) is 0 Å². The second kappa shape index (κ2) is 7.89. The Morgan fingerprint density at radius 1 is 1.09 bits per heavy atom. The average Bonchev–Trinajstić information content (AvgIpc) is 2.68. The average molecular weight is 313 g/mol. The van der Waals surface area contributed by atoms with Crippen LogP contribution in [0.1, 0.15) is 32.1 Å². The van der Waals surface area contributed by atoms with Gasteiger partial charge in [0.1, 0.15) is 0 Å². The SMILES string of the molecule is NC(=O)CCC(=O)N1CCC[C@](O)(CN2CCOCC2)CC1. The summed E-state index contributed by atoms with van der Waals surface area (Å²) in [5.41, 5.74) is 4.34. The minimum atomic E-state index is -0.740. The molecule has 3 N–H and O–H groups in total. The quantitative estimate of drug-likeness (QED) is 0.701. The van der Waals surface area contributed by atoms with Gasteiger partial charge in [0.2, 0.25) is 11.8 Å². The van der Waals surface area contributed by atoms with Crippen LogP contribution in [0.2, 0.25) is 0 Å². The van der Waals surface area contributed by atoms with E-state index in [0.29, 0.717) is 45.7 Å². The minimum Gasteiger partial charge on any atom is -0.388 e. The summed E-state index contributed by atoms with van der Waals surface area (Å²) in [4.78, 5) is 26.8. The predicted octanol–water partition coefficient (Wildman–Crippen LogP) is -0.672. The summed E-state index contributed by atoms with van der Waals surface area (Å²) in [6.45, 7) is 4.95. The number of ether oxygens (including phenoxy) is 1. The Balaban J connectivity index is 1.82. The van der Waals surface area contributed by atoms with Crippen LogP contribution in [0.5, 0.6) is 0 Å². The van der Waals surface area contributed by atoms with Crippen molar-refractivity contribution in [2.45, 2.75) is 37.7 Å². The summed E-state index contributed by atoms with van der Waals surface area (Å²) < 4.78 is 5.33. The lowest BCUT2D eigenvalue weighted by Gasteiger charge is -2.35. The van der Waals surface area contributed by atoms with Gasteiger partial charge in [0.15, 0.2) is 0 Å². The number of nitrogens with two attached hydrogens (primary N) is 1. The summed E-state index contributed by atoms with van der Waals surface area (Å²) in [5, 5.41) is 10.8. The summed E-state index contributed by atoms with van der Waals surface area (Å²) in [7, 11) is 0. The maximum Gasteiger partial charge on any atom is 0.223 e. The molecule has 22 heavy (non-hydrogen) atoms. The number of carbonyl (C=O) groups is 2. The van der Waals surface area contributed by atoms with Crippen molar-refractivity contribution in [2.24, 2.45) is 5.73 Å². The number of amides is 2. The molecule has 2 heterocycles. The lowest BCUT2D eigenvalue weighted by atomic mass is 9.94. The molecule has 0 radical (unpaired) electrons. The second-order valence-electron chi connectivity index (χ2n) is 6.31. The van der Waals surface area contributed by atoms with Crippen molar-refractivity contribution < 1.29 is 19.4 Å². The van der Waals surface area contributed by atoms with E-state index in [0.717, 1.165) is 19.5 Å². The fourth-order valence-electron chi connectivity index (χ4n) is 3.15. The van der Waals surface area contributed by atoms with E-state index in [2.05, 4.69) is 4.90 Å². The fourth-order valence-corrected chi connectivity index (χ4v) is 3.15. The highest BCUT2D eigenvalue weighted by Gasteiger charge is 2.33. The molecule has 2 fully saturated rings. The number of likely N-dealkylation sites (tertiary alicyclic amines) is 1. The van der Waals surface area contributed by atoms with Crippen molar-refractivity contribution in [1.29, 1.82) is 0 Å². The first-order valence-electron chi connectivity index (χ1n) is 8.07. The van der Waals surface area contributed by atoms with Crippen LogP contribution >= 0.6 is 0 Å². The first-order valence-corrected chi connectivity index (χ1v) is 8.07. The van der Waals surface area contributed by atoms with E-state index in [1.807, 2.05) is 0 Å². The molecule has 0 bridgehead atoms. The molecule has 2 amide bonds. The zero-order valence-corrected chi connectivity index (χ0v) is 13.1. The maximum atomic E-state index is 12.1. The highest BCUT2D eigenvalue weighted by molar-refractivity contribution is 5.82. The van der Waals surface area contributed by atoms with Gasteiger partial charge < -0.3 is 20.5 Å². The van der Waals surface area contributed by atoms with Crippen molar-refractivity contribution in [3.8, 4) is 0 Å². The number of nitrogens with zero attached hydrogens (tertiary/aromatic N) is 2. The van der Waals surface area contributed by atoms with Gasteiger partial charge >= 0.3 is 0 Å². The molecule has 2 rings (SSSR count). The Kier molecular flexibility index (Phi) is 6.16. The van der Waals surface area contributed by atoms with E-state index in [4.69, 9.17) is 10.5 Å². The van der Waals surface area contributed by atoms with E-state index >= 15 is 0 Å². The first kappa shape index (κ1) is 17.2. The monoisotopic (exact) mass is 313 g/mol. The summed E-state index contributed by atoms with van der Waals surface area (Å²) in [6.07, 6.45) is 2.31. The molecule has 0 aromatic heterocycles. The van der Waals surface area contributed by atoms with Gasteiger partial charge in [-0.15, -0.1) is 0 Å². The maximum absolute atomic E-state index is 12.1. The number of hydrogen-bond acceptors (Lipinski definition) is 5. The Bertz CT molecular complexity index is 398. The van der Waals surface area contributed by atoms with Crippen LogP contribution in [0, 0.1) is 0 Å². The Hall–Kier alpha value is -1.18. The van der Waals surface area contributed by atoms with Gasteiger partial charge in [0, 0.05) is 45.6 Å². The fraction of sp³-hybridized carbons (Fsp3) is 0.867. The number of hydrogen-bond donors (Lipinski definition) is 2. The normalized spacial score (nSPS) is 27.4. The van der Waals surface area contributed by atoms with E-state index in [1.54, 1.807) is 4.90 Å². The molecule has 7 heteroatoms. The van der Waals surface area contributed by atoms with Crippen molar-refractivity contribution >= 4 is 11.8 Å². The van der Waals surface area contributed by atoms with Crippen LogP contribution < -0.4 is 5.73 Å². The highest BCUT2D eigenvalue weighted by Crippen LogP contribution is 2.24. The third-order valence-corrected chi connectivity index (χ3v) is 4.48. The molecule has 0 spiro atoms. The molecule has 0 aromatic carbocycles. The highest BCUT2D eigenvalue weighted by atomic mass is 16.5. The van der Waals surface area contributed by atoms with Gasteiger partial charge in [-0.2, -0.15) is 0 Å². The second-order valence-corrected chi connectivity index (χ2v) is 6.31. The molecule has 0 aliphatic carbocycles. The van der Waals surface area contributed by atoms with Crippen molar-refractivity contribution in [3.63, 3.8) is 0 Å². The lowest BCUT2D eigenvalue weighted by molar-refractivity contribution is -0.133. The molecule has 7 nitrogen and oxygen atoms in total. The summed E-state index contributed by atoms with van der Waals surface area (Å²) >= 11 is 0. The van der Waals surface area contributed by atoms with Crippen LogP contribution in [0.3, 0.4) is 0 Å². The van der Waals surface area contributed by atoms with Gasteiger partial charge in [-0.3, -0.25) is 14.5 Å². The van der Waals surface area contributed by atoms with Gasteiger partial charge in [0.25, 0.3) is 0 Å². The van der Waals surface area contributed by atoms with E-state index in [-0.39, 0.29) is 18.7 Å². The zero-order valence-electron chi connectivity index (χ0n) is 13.1. The van der Waals surface area contributed by atoms with E-state index in [1.165, 1.54) is 0 Å². The molecule has 0 aromatic rings. The van der Waals surface area contributed by atoms with Gasteiger partial charge in [-0.25, -0.2) is 0 Å². The third kappa shape index (κ3) is 5.23. The molecule has 1 atom stereocenters. The summed E-state index contributed by atoms with van der Waals surface area (Å²) in [5.74, 6) is -0.499. The number of morpholine rings is 1. The Morgan fingerprint density at radius 2 is 1.82 bits per heavy atom. The van der Waals surface area contributed by atoms with Gasteiger partial charge in [-0.05, 0) is 19.3 Å². The largest absolute Gasteiger partial charge is 0.388 e. The van der Waals surface area contributed by atoms with E-state index < -0.39 is 11.5 Å². The number of β-amino-alcohol motifs (C(OH)–C–C–N with tert-alkyl or cyclic N) is 1. The number of primary amides is 1. The summed E-state index contributed by atoms with van der Waals surface area (Å²) in [6, 6.07) is 0. The molecular formula is C15H27N3O4. The van der Waals surface area contributed by atoms with E-state index in [9.17, 15) is 14.7 Å². The number of rotatable bonds is 5. The Morgan fingerprint density at radius 3 is 2.50 bits per heavy atom. The molecule has 2 aliphatic rings. The molecule has 0 unspecified atom stereocenters. The standard InChI is InChI=1S/C15H27N3O4/c16-13(19)2-3-14(20)18-6-1-4-15(21,5-7-18)12-17-8-10-22-11-9-17/h21H,1-12H2,(H2,16,19)/t15-/m1/s1. The van der Waals surface area contributed by atoms with Crippen molar-refractivity contribution in [1.82, 2.24) is 9.80 Å². The van der Waals surface area contributed by atoms with Crippen LogP contribution in [-0.2, 0) is 14.3 Å². The molecule has 0 saturated carbocycles. The first-order chi connectivity index (χ1) is 10.5. The van der Waals surface area contributed by atoms with Gasteiger partial charge in [0.05, 0.1) is 18.8 Å². The van der Waals surface area contributed by atoms with Crippen LogP contribution in [0.4, 0.5) is 0 Å². The van der Waals surface area contributed by atoms with Crippen molar-refractivity contribution in [2.75, 3.05) is 45.9 Å². The molecular weight excluding hydrogens is 286 g/mol. The predicted molar refractivity (Wildman–Crippen MR) is 81.1 cm³/mol. The van der Waals surface area contributed by atoms with Crippen molar-refractivity contribution in [3.05, 3.63) is 0 Å². The smallest absolute Gasteiger partial charge is 0.223 e. The minimum absolute atomic E-state index is 0.0468. The molecule has 2 aliphatic heterocycles. The van der Waals surface area contributed by atoms with Crippen LogP contribution in [0.15, 0.2) is 0 Å². The molecule has 126 valence electrons. The number of carbonyl (C=O) groups excluding carboxylic acids is 2. The number of aliphatic hydroxyl groups is 1.